The molecule has 2 aromatic carbocycles. The Hall–Kier alpha value is -3.02. The van der Waals surface area contributed by atoms with Crippen LogP contribution >= 0.6 is 0 Å². The minimum absolute atomic E-state index is 0.0859. The second kappa shape index (κ2) is 8.01. The molecule has 126 valence electrons. The van der Waals surface area contributed by atoms with E-state index >= 15 is 0 Å². The zero-order valence-electron chi connectivity index (χ0n) is 13.9. The number of amides is 1. The Labute approximate surface area is 140 Å². The van der Waals surface area contributed by atoms with Crippen LogP contribution in [0.2, 0.25) is 0 Å². The van der Waals surface area contributed by atoms with E-state index in [1.807, 2.05) is 12.1 Å². The van der Waals surface area contributed by atoms with Gasteiger partial charge in [0, 0.05) is 11.1 Å². The minimum Gasteiger partial charge on any atom is -0.502 e. The molecule has 2 aromatic rings. The van der Waals surface area contributed by atoms with E-state index in [-0.39, 0.29) is 23.2 Å². The average Bonchev–Trinajstić information content (AvgIpc) is 2.62. The number of hydrazone groups is 1. The quantitative estimate of drug-likeness (QED) is 0.631. The molecule has 0 atom stereocenters. The van der Waals surface area contributed by atoms with E-state index < -0.39 is 0 Å². The zero-order chi connectivity index (χ0) is 17.5. The normalized spacial score (nSPS) is 10.6. The predicted octanol–water partition coefficient (Wildman–Crippen LogP) is 2.74. The maximum absolute atomic E-state index is 12.0. The summed E-state index contributed by atoms with van der Waals surface area (Å²) in [6.07, 6.45) is 2.37. The average molecular weight is 328 g/mol. The molecule has 0 heterocycles. The van der Waals surface area contributed by atoms with Gasteiger partial charge in [0.05, 0.1) is 20.4 Å². The summed E-state index contributed by atoms with van der Waals surface area (Å²) in [6.45, 7) is 2.06. The Kier molecular flexibility index (Phi) is 5.78. The van der Waals surface area contributed by atoms with Crippen molar-refractivity contribution in [2.45, 2.75) is 13.3 Å². The van der Waals surface area contributed by atoms with E-state index in [9.17, 15) is 9.90 Å². The molecule has 0 aromatic heterocycles. The summed E-state index contributed by atoms with van der Waals surface area (Å²) in [7, 11) is 2.88. The Morgan fingerprint density at radius 3 is 2.25 bits per heavy atom. The van der Waals surface area contributed by atoms with Gasteiger partial charge < -0.3 is 14.6 Å². The van der Waals surface area contributed by atoms with Crippen molar-refractivity contribution in [3.8, 4) is 17.2 Å². The number of carbonyl (C=O) groups excluding carboxylic acids is 1. The number of methoxy groups -OCH3 is 2. The summed E-state index contributed by atoms with van der Waals surface area (Å²) in [4.78, 5) is 12.0. The smallest absolute Gasteiger partial charge is 0.271 e. The van der Waals surface area contributed by atoms with Crippen LogP contribution in [0.3, 0.4) is 0 Å². The van der Waals surface area contributed by atoms with E-state index in [0.29, 0.717) is 11.1 Å². The van der Waals surface area contributed by atoms with Gasteiger partial charge in [-0.3, -0.25) is 4.79 Å². The monoisotopic (exact) mass is 328 g/mol. The van der Waals surface area contributed by atoms with Crippen molar-refractivity contribution < 1.29 is 19.4 Å². The molecular weight excluding hydrogens is 308 g/mol. The Morgan fingerprint density at radius 2 is 1.75 bits per heavy atom. The highest BCUT2D eigenvalue weighted by atomic mass is 16.5. The summed E-state index contributed by atoms with van der Waals surface area (Å²) in [5.41, 5.74) is 4.77. The first kappa shape index (κ1) is 17.3. The standard InChI is InChI=1S/C18H20N2O4/c1-4-12-5-7-14(8-6-12)18(22)20-19-11-13-9-15(23-2)17(21)16(10-13)24-3/h5-11,21H,4H2,1-3H3,(H,20,22)/b19-11+. The van der Waals surface area contributed by atoms with E-state index in [0.717, 1.165) is 6.42 Å². The molecule has 24 heavy (non-hydrogen) atoms. The Balaban J connectivity index is 2.09. The summed E-state index contributed by atoms with van der Waals surface area (Å²) in [5, 5.41) is 13.8. The lowest BCUT2D eigenvalue weighted by Crippen LogP contribution is -2.17. The van der Waals surface area contributed by atoms with Crippen molar-refractivity contribution in [3.05, 3.63) is 53.1 Å². The molecule has 6 nitrogen and oxygen atoms in total. The number of benzene rings is 2. The van der Waals surface area contributed by atoms with Gasteiger partial charge in [0.1, 0.15) is 0 Å². The third-order valence-electron chi connectivity index (χ3n) is 3.51. The number of hydrogen-bond donors (Lipinski definition) is 2. The van der Waals surface area contributed by atoms with Crippen LogP contribution in [-0.4, -0.2) is 31.4 Å². The molecule has 0 spiro atoms. The lowest BCUT2D eigenvalue weighted by Gasteiger charge is -2.09. The van der Waals surface area contributed by atoms with Crippen LogP contribution in [0.4, 0.5) is 0 Å². The van der Waals surface area contributed by atoms with Gasteiger partial charge in [-0.25, -0.2) is 5.43 Å². The van der Waals surface area contributed by atoms with E-state index in [4.69, 9.17) is 9.47 Å². The number of aromatic hydroxyl groups is 1. The summed E-state index contributed by atoms with van der Waals surface area (Å²) < 4.78 is 10.1. The van der Waals surface area contributed by atoms with Crippen LogP contribution in [0.1, 0.15) is 28.4 Å². The molecule has 6 heteroatoms. The largest absolute Gasteiger partial charge is 0.502 e. The molecule has 0 radical (unpaired) electrons. The maximum Gasteiger partial charge on any atom is 0.271 e. The van der Waals surface area contributed by atoms with Gasteiger partial charge in [-0.2, -0.15) is 5.10 Å². The van der Waals surface area contributed by atoms with Gasteiger partial charge in [-0.15, -0.1) is 0 Å². The van der Waals surface area contributed by atoms with Gasteiger partial charge in [0.15, 0.2) is 11.5 Å². The first-order chi connectivity index (χ1) is 11.6. The van der Waals surface area contributed by atoms with Gasteiger partial charge in [0.2, 0.25) is 5.75 Å². The van der Waals surface area contributed by atoms with E-state index in [2.05, 4.69) is 17.5 Å². The molecule has 2 N–H and O–H groups in total. The molecule has 0 aliphatic carbocycles. The molecule has 0 saturated heterocycles. The second-order valence-corrected chi connectivity index (χ2v) is 5.02. The molecule has 0 bridgehead atoms. The summed E-state index contributed by atoms with van der Waals surface area (Å²) in [6, 6.07) is 10.5. The number of rotatable bonds is 6. The number of hydrogen-bond acceptors (Lipinski definition) is 5. The molecule has 0 aliphatic rings. The first-order valence-electron chi connectivity index (χ1n) is 7.46. The Morgan fingerprint density at radius 1 is 1.17 bits per heavy atom. The fourth-order valence-corrected chi connectivity index (χ4v) is 2.11. The zero-order valence-corrected chi connectivity index (χ0v) is 13.9. The van der Waals surface area contributed by atoms with E-state index in [1.54, 1.807) is 24.3 Å². The summed E-state index contributed by atoms with van der Waals surface area (Å²) in [5.74, 6) is 0.137. The van der Waals surface area contributed by atoms with Gasteiger partial charge >= 0.3 is 0 Å². The SMILES string of the molecule is CCc1ccc(C(=O)N/N=C/c2cc(OC)c(O)c(OC)c2)cc1. The molecular formula is C18H20N2O4. The summed E-state index contributed by atoms with van der Waals surface area (Å²) >= 11 is 0. The molecule has 1 amide bonds. The highest BCUT2D eigenvalue weighted by molar-refractivity contribution is 5.95. The van der Waals surface area contributed by atoms with Crippen molar-refractivity contribution >= 4 is 12.1 Å². The minimum atomic E-state index is -0.299. The topological polar surface area (TPSA) is 80.2 Å². The molecule has 2 rings (SSSR count). The molecule has 0 saturated carbocycles. The van der Waals surface area contributed by atoms with Crippen LogP contribution < -0.4 is 14.9 Å². The number of nitrogens with one attached hydrogen (secondary N) is 1. The molecule has 0 fully saturated rings. The number of ether oxygens (including phenoxy) is 2. The fourth-order valence-electron chi connectivity index (χ4n) is 2.11. The number of carbonyl (C=O) groups is 1. The first-order valence-corrected chi connectivity index (χ1v) is 7.46. The lowest BCUT2D eigenvalue weighted by atomic mass is 10.1. The number of aryl methyl sites for hydroxylation is 1. The van der Waals surface area contributed by atoms with Crippen LogP contribution in [0, 0.1) is 0 Å². The van der Waals surface area contributed by atoms with Crippen molar-refractivity contribution in [1.82, 2.24) is 5.43 Å². The third kappa shape index (κ3) is 4.04. The van der Waals surface area contributed by atoms with Crippen LogP contribution in [0.25, 0.3) is 0 Å². The van der Waals surface area contributed by atoms with Crippen molar-refractivity contribution in [2.24, 2.45) is 5.10 Å². The fraction of sp³-hybridized carbons (Fsp3) is 0.222. The van der Waals surface area contributed by atoms with Crippen molar-refractivity contribution in [1.29, 1.82) is 0 Å². The Bertz CT molecular complexity index is 714. The van der Waals surface area contributed by atoms with Crippen LogP contribution in [-0.2, 0) is 6.42 Å². The number of phenolic OH excluding ortho intramolecular Hbond substituents is 1. The van der Waals surface area contributed by atoms with Crippen molar-refractivity contribution in [2.75, 3.05) is 14.2 Å². The number of nitrogens with zero attached hydrogens (tertiary/aromatic N) is 1. The molecule has 0 aliphatic heterocycles. The van der Waals surface area contributed by atoms with Crippen LogP contribution in [0.5, 0.6) is 17.2 Å². The maximum atomic E-state index is 12.0. The highest BCUT2D eigenvalue weighted by Gasteiger charge is 2.10. The van der Waals surface area contributed by atoms with Crippen LogP contribution in [0.15, 0.2) is 41.5 Å². The predicted molar refractivity (Wildman–Crippen MR) is 92.1 cm³/mol. The highest BCUT2D eigenvalue weighted by Crippen LogP contribution is 2.36. The van der Waals surface area contributed by atoms with Crippen molar-refractivity contribution in [3.63, 3.8) is 0 Å². The van der Waals surface area contributed by atoms with Gasteiger partial charge in [-0.05, 0) is 36.2 Å². The third-order valence-corrected chi connectivity index (χ3v) is 3.51. The van der Waals surface area contributed by atoms with Gasteiger partial charge in [-0.1, -0.05) is 19.1 Å². The van der Waals surface area contributed by atoms with E-state index in [1.165, 1.54) is 26.0 Å². The second-order valence-electron chi connectivity index (χ2n) is 5.02. The lowest BCUT2D eigenvalue weighted by molar-refractivity contribution is 0.0955. The number of phenols is 1. The van der Waals surface area contributed by atoms with Gasteiger partial charge in [0.25, 0.3) is 5.91 Å². The molecule has 0 unspecified atom stereocenters.